The van der Waals surface area contributed by atoms with Crippen molar-refractivity contribution < 1.29 is 0 Å². The fourth-order valence-electron chi connectivity index (χ4n) is 17.1. The zero-order valence-corrected chi connectivity index (χ0v) is 54.4. The molecule has 1 aliphatic carbocycles. The molecule has 99 heavy (non-hydrogen) atoms. The van der Waals surface area contributed by atoms with Crippen LogP contribution in [0.4, 0.5) is 0 Å². The van der Waals surface area contributed by atoms with Crippen molar-refractivity contribution in [2.24, 2.45) is 0 Å². The Morgan fingerprint density at radius 3 is 1.11 bits per heavy atom. The van der Waals surface area contributed by atoms with Crippen LogP contribution in [0.25, 0.3) is 188 Å². The van der Waals surface area contributed by atoms with E-state index in [1.807, 2.05) is 0 Å². The van der Waals surface area contributed by atoms with E-state index in [1.165, 1.54) is 98.5 Å². The zero-order chi connectivity index (χ0) is 65.2. The van der Waals surface area contributed by atoms with Crippen molar-refractivity contribution >= 4 is 109 Å². The molecule has 462 valence electrons. The summed E-state index contributed by atoms with van der Waals surface area (Å²) in [6.07, 6.45) is 0. The summed E-state index contributed by atoms with van der Waals surface area (Å²) < 4.78 is 9.75. The molecule has 0 saturated carbocycles. The highest BCUT2D eigenvalue weighted by molar-refractivity contribution is 6.16. The van der Waals surface area contributed by atoms with Gasteiger partial charge in [-0.1, -0.05) is 220 Å². The van der Waals surface area contributed by atoms with Gasteiger partial charge in [0.25, 0.3) is 0 Å². The number of aromatic nitrogens is 6. The van der Waals surface area contributed by atoms with Crippen LogP contribution in [0.1, 0.15) is 25.0 Å². The van der Waals surface area contributed by atoms with Crippen molar-refractivity contribution in [2.75, 3.05) is 0 Å². The average molecular weight is 1260 g/mol. The Balaban J connectivity index is 0.800. The third-order valence-electron chi connectivity index (χ3n) is 21.5. The summed E-state index contributed by atoms with van der Waals surface area (Å²) in [5, 5.41) is 12.8. The van der Waals surface area contributed by atoms with Crippen LogP contribution in [0.15, 0.2) is 328 Å². The molecule has 6 heteroatoms. The van der Waals surface area contributed by atoms with Crippen molar-refractivity contribution in [3.63, 3.8) is 0 Å². The molecule has 21 rings (SSSR count). The molecular formula is C93H60N6. The van der Waals surface area contributed by atoms with Gasteiger partial charge < -0.3 is 18.3 Å². The second-order valence-corrected chi connectivity index (χ2v) is 27.2. The van der Waals surface area contributed by atoms with E-state index in [1.54, 1.807) is 0 Å². The highest BCUT2D eigenvalue weighted by Crippen LogP contribution is 2.53. The van der Waals surface area contributed by atoms with Crippen LogP contribution in [0, 0.1) is 0 Å². The third kappa shape index (κ3) is 8.18. The molecule has 0 fully saturated rings. The zero-order valence-electron chi connectivity index (χ0n) is 54.4. The number of fused-ring (bicyclic) bond motifs is 18. The Morgan fingerprint density at radius 2 is 0.626 bits per heavy atom. The molecule has 20 aromatic rings. The van der Waals surface area contributed by atoms with Gasteiger partial charge in [-0.3, -0.25) is 0 Å². The van der Waals surface area contributed by atoms with Gasteiger partial charge >= 0.3 is 0 Å². The SMILES string of the molecule is CC1(C)c2ccccc2-c2cccc(-c3nc(-c4cc(-n5c6ccccc6c6cc(-c7ccc8c(c7)c7ccccc7n8-c7ccccc7)ccc65)cc(-n5c6ccccc6c6cc(-c7ccc8c(c7)c7ccccc7n8-c7ccccc7)ccc65)c4)c4ccc5ccccc5c4n3)c21. The van der Waals surface area contributed by atoms with Crippen LogP contribution in [0.3, 0.4) is 0 Å². The molecule has 0 spiro atoms. The van der Waals surface area contributed by atoms with Crippen LogP contribution in [0.2, 0.25) is 0 Å². The lowest BCUT2D eigenvalue weighted by atomic mass is 9.80. The second kappa shape index (κ2) is 21.0. The van der Waals surface area contributed by atoms with Gasteiger partial charge in [-0.05, 0) is 171 Å². The molecule has 0 bridgehead atoms. The van der Waals surface area contributed by atoms with Crippen LogP contribution in [0.5, 0.6) is 0 Å². The summed E-state index contributed by atoms with van der Waals surface area (Å²) >= 11 is 0. The molecule has 0 N–H and O–H groups in total. The largest absolute Gasteiger partial charge is 0.309 e. The van der Waals surface area contributed by atoms with Crippen molar-refractivity contribution in [3.8, 4) is 78.8 Å². The van der Waals surface area contributed by atoms with Crippen molar-refractivity contribution in [3.05, 3.63) is 339 Å². The van der Waals surface area contributed by atoms with E-state index in [4.69, 9.17) is 9.97 Å². The van der Waals surface area contributed by atoms with Gasteiger partial charge in [-0.25, -0.2) is 9.97 Å². The minimum atomic E-state index is -0.301. The monoisotopic (exact) mass is 1260 g/mol. The van der Waals surface area contributed by atoms with E-state index in [2.05, 4.69) is 360 Å². The van der Waals surface area contributed by atoms with E-state index >= 15 is 0 Å². The first kappa shape index (κ1) is 55.4. The van der Waals surface area contributed by atoms with Gasteiger partial charge in [-0.15, -0.1) is 0 Å². The molecule has 0 unspecified atom stereocenters. The van der Waals surface area contributed by atoms with Crippen molar-refractivity contribution in [2.45, 2.75) is 19.3 Å². The topological polar surface area (TPSA) is 45.5 Å². The molecule has 0 atom stereocenters. The van der Waals surface area contributed by atoms with Crippen LogP contribution in [-0.2, 0) is 5.41 Å². The summed E-state index contributed by atoms with van der Waals surface area (Å²) in [5.74, 6) is 0.706. The lowest BCUT2D eigenvalue weighted by molar-refractivity contribution is 0.661. The lowest BCUT2D eigenvalue weighted by Gasteiger charge is -2.24. The fourth-order valence-corrected chi connectivity index (χ4v) is 17.1. The highest BCUT2D eigenvalue weighted by atomic mass is 15.0. The smallest absolute Gasteiger partial charge is 0.160 e. The first-order valence-electron chi connectivity index (χ1n) is 34.2. The van der Waals surface area contributed by atoms with E-state index in [9.17, 15) is 0 Å². The Kier molecular flexibility index (Phi) is 11.8. The maximum atomic E-state index is 5.92. The number of nitrogens with zero attached hydrogens (tertiary/aromatic N) is 6. The lowest BCUT2D eigenvalue weighted by Crippen LogP contribution is -2.16. The molecular weight excluding hydrogens is 1200 g/mol. The van der Waals surface area contributed by atoms with E-state index in [0.29, 0.717) is 5.82 Å². The molecule has 0 radical (unpaired) electrons. The fraction of sp³-hybridized carbons (Fsp3) is 0.0323. The van der Waals surface area contributed by atoms with E-state index in [-0.39, 0.29) is 5.41 Å². The van der Waals surface area contributed by atoms with E-state index in [0.717, 1.165) is 94.4 Å². The van der Waals surface area contributed by atoms with Crippen LogP contribution in [-0.4, -0.2) is 28.2 Å². The van der Waals surface area contributed by atoms with Crippen molar-refractivity contribution in [1.29, 1.82) is 0 Å². The standard InChI is InChI=1S/C93H60N6/c1-93(2)80-35-16-11-28-68(80)73-33-21-34-74(89(73)93)92-94-90(75-45-40-57-22-9-10-27-67(57)91(75)95-92)62-50-65(98-83-38-19-14-31-71(83)78-54-60(43-48-87(78)98)58-41-46-85-76(52-58)69-29-12-17-36-81(69)96(85)63-23-5-3-6-24-63)56-66(51-62)99-84-39-20-15-32-72(84)79-55-61(44-49-88(79)99)59-42-47-86-77(53-59)70-30-13-18-37-82(70)97(86)64-25-7-4-8-26-64/h3-56H,1-2H3. The van der Waals surface area contributed by atoms with Gasteiger partial charge in [0.15, 0.2) is 5.82 Å². The number of hydrogen-bond donors (Lipinski definition) is 0. The third-order valence-corrected chi connectivity index (χ3v) is 21.5. The predicted octanol–water partition coefficient (Wildman–Crippen LogP) is 24.1. The Labute approximate surface area is 570 Å². The van der Waals surface area contributed by atoms with Gasteiger partial charge in [0, 0.05) is 93.2 Å². The molecule has 6 nitrogen and oxygen atoms in total. The summed E-state index contributed by atoms with van der Waals surface area (Å²) in [6.45, 7) is 4.71. The molecule has 5 heterocycles. The molecule has 5 aromatic heterocycles. The first-order chi connectivity index (χ1) is 48.9. The van der Waals surface area contributed by atoms with E-state index < -0.39 is 0 Å². The van der Waals surface area contributed by atoms with Gasteiger partial charge in [0.05, 0.1) is 55.3 Å². The maximum absolute atomic E-state index is 5.92. The summed E-state index contributed by atoms with van der Waals surface area (Å²) in [6, 6.07) is 121. The minimum Gasteiger partial charge on any atom is -0.309 e. The first-order valence-corrected chi connectivity index (χ1v) is 34.2. The summed E-state index contributed by atoms with van der Waals surface area (Å²) in [4.78, 5) is 11.6. The molecule has 1 aliphatic rings. The number of hydrogen-bond acceptors (Lipinski definition) is 2. The molecule has 0 amide bonds. The van der Waals surface area contributed by atoms with Gasteiger partial charge in [-0.2, -0.15) is 0 Å². The Hall–Kier alpha value is -12.9. The minimum absolute atomic E-state index is 0.301. The number of rotatable bonds is 8. The maximum Gasteiger partial charge on any atom is 0.160 e. The highest BCUT2D eigenvalue weighted by Gasteiger charge is 2.38. The second-order valence-electron chi connectivity index (χ2n) is 27.2. The normalized spacial score (nSPS) is 12.8. The molecule has 0 saturated heterocycles. The average Bonchev–Trinajstić information content (AvgIpc) is 1.68. The van der Waals surface area contributed by atoms with Crippen molar-refractivity contribution in [1.82, 2.24) is 28.2 Å². The number of para-hydroxylation sites is 6. The predicted molar refractivity (Wildman–Crippen MR) is 414 cm³/mol. The Morgan fingerprint density at radius 1 is 0.242 bits per heavy atom. The van der Waals surface area contributed by atoms with Gasteiger partial charge in [0.2, 0.25) is 0 Å². The molecule has 0 aliphatic heterocycles. The van der Waals surface area contributed by atoms with Gasteiger partial charge in [0.1, 0.15) is 0 Å². The quantitative estimate of drug-likeness (QED) is 0.142. The number of benzene rings is 15. The van der Waals surface area contributed by atoms with Crippen LogP contribution < -0.4 is 0 Å². The van der Waals surface area contributed by atoms with Crippen LogP contribution >= 0.6 is 0 Å². The molecule has 15 aromatic carbocycles. The summed E-state index contributed by atoms with van der Waals surface area (Å²) in [7, 11) is 0. The Bertz CT molecular complexity index is 6520. The summed E-state index contributed by atoms with van der Waals surface area (Å²) in [5.41, 5.74) is 26.8.